The molecule has 3 heterocycles. The fraction of sp³-hybridized carbons (Fsp3) is 0.200. The summed E-state index contributed by atoms with van der Waals surface area (Å²) in [6, 6.07) is 9.65. The van der Waals surface area contributed by atoms with Crippen molar-refractivity contribution in [3.63, 3.8) is 0 Å². The molecule has 0 aliphatic carbocycles. The Hall–Kier alpha value is -3.68. The van der Waals surface area contributed by atoms with Gasteiger partial charge in [0.15, 0.2) is 0 Å². The summed E-state index contributed by atoms with van der Waals surface area (Å²) in [5.41, 5.74) is 5.28. The van der Waals surface area contributed by atoms with E-state index < -0.39 is 0 Å². The monoisotopic (exact) mass is 375 g/mol. The highest BCUT2D eigenvalue weighted by Crippen LogP contribution is 2.25. The number of hydrogen-bond donors (Lipinski definition) is 1. The first-order valence-corrected chi connectivity index (χ1v) is 8.90. The van der Waals surface area contributed by atoms with E-state index in [9.17, 15) is 4.79 Å². The third-order valence-corrected chi connectivity index (χ3v) is 4.41. The molecule has 3 aromatic heterocycles. The van der Waals surface area contributed by atoms with Gasteiger partial charge in [-0.25, -0.2) is 0 Å². The van der Waals surface area contributed by atoms with Gasteiger partial charge in [-0.2, -0.15) is 15.3 Å². The summed E-state index contributed by atoms with van der Waals surface area (Å²) in [4.78, 5) is 12.6. The highest BCUT2D eigenvalue weighted by molar-refractivity contribution is 5.91. The quantitative estimate of drug-likeness (QED) is 0.581. The maximum atomic E-state index is 12.6. The molecule has 142 valence electrons. The SMILES string of the molecule is Cc1ccc(NC(=O)Cn2nc(-c3cnn(C)c3)cc2-c2cnn(C)c2)cc1. The first-order chi connectivity index (χ1) is 13.5. The number of nitrogens with one attached hydrogen (secondary N) is 1. The van der Waals surface area contributed by atoms with Gasteiger partial charge in [0.2, 0.25) is 5.91 Å². The lowest BCUT2D eigenvalue weighted by Gasteiger charge is -2.08. The Balaban J connectivity index is 1.63. The van der Waals surface area contributed by atoms with Crippen LogP contribution in [-0.2, 0) is 25.4 Å². The number of amides is 1. The van der Waals surface area contributed by atoms with E-state index in [0.29, 0.717) is 0 Å². The minimum Gasteiger partial charge on any atom is -0.324 e. The number of benzene rings is 1. The number of carbonyl (C=O) groups excluding carboxylic acids is 1. The zero-order valence-corrected chi connectivity index (χ0v) is 16.0. The van der Waals surface area contributed by atoms with Crippen LogP contribution in [0.5, 0.6) is 0 Å². The molecule has 0 aliphatic rings. The zero-order valence-electron chi connectivity index (χ0n) is 16.0. The Labute approximate surface area is 162 Å². The molecule has 0 unspecified atom stereocenters. The summed E-state index contributed by atoms with van der Waals surface area (Å²) < 4.78 is 5.15. The van der Waals surface area contributed by atoms with Crippen LogP contribution >= 0.6 is 0 Å². The Morgan fingerprint density at radius 1 is 1.00 bits per heavy atom. The van der Waals surface area contributed by atoms with Crippen LogP contribution in [0.2, 0.25) is 0 Å². The van der Waals surface area contributed by atoms with Crippen LogP contribution in [0.25, 0.3) is 22.5 Å². The molecule has 28 heavy (non-hydrogen) atoms. The summed E-state index contributed by atoms with van der Waals surface area (Å²) in [6.45, 7) is 2.11. The highest BCUT2D eigenvalue weighted by atomic mass is 16.2. The van der Waals surface area contributed by atoms with Gasteiger partial charge in [-0.1, -0.05) is 17.7 Å². The average Bonchev–Trinajstić information content (AvgIpc) is 3.37. The normalized spacial score (nSPS) is 11.0. The molecule has 8 nitrogen and oxygen atoms in total. The smallest absolute Gasteiger partial charge is 0.246 e. The predicted molar refractivity (Wildman–Crippen MR) is 106 cm³/mol. The lowest BCUT2D eigenvalue weighted by Crippen LogP contribution is -2.20. The van der Waals surface area contributed by atoms with Gasteiger partial charge in [-0.05, 0) is 25.1 Å². The van der Waals surface area contributed by atoms with E-state index in [4.69, 9.17) is 0 Å². The van der Waals surface area contributed by atoms with E-state index in [-0.39, 0.29) is 12.5 Å². The fourth-order valence-electron chi connectivity index (χ4n) is 2.99. The summed E-state index contributed by atoms with van der Waals surface area (Å²) in [5, 5.41) is 16.0. The van der Waals surface area contributed by atoms with Crippen molar-refractivity contribution in [2.75, 3.05) is 5.32 Å². The maximum Gasteiger partial charge on any atom is 0.246 e. The number of anilines is 1. The van der Waals surface area contributed by atoms with Gasteiger partial charge in [0, 0.05) is 43.3 Å². The summed E-state index contributed by atoms with van der Waals surface area (Å²) in [5.74, 6) is -0.144. The number of rotatable bonds is 5. The Bertz CT molecular complexity index is 1120. The van der Waals surface area contributed by atoms with E-state index in [1.165, 1.54) is 0 Å². The molecule has 1 aromatic carbocycles. The third kappa shape index (κ3) is 3.71. The molecule has 0 aliphatic heterocycles. The molecular weight excluding hydrogens is 354 g/mol. The van der Waals surface area contributed by atoms with Crippen molar-refractivity contribution in [3.8, 4) is 22.5 Å². The molecule has 0 fully saturated rings. The minimum absolute atomic E-state index is 0.0956. The van der Waals surface area contributed by atoms with Crippen LogP contribution in [0.15, 0.2) is 55.1 Å². The van der Waals surface area contributed by atoms with Crippen molar-refractivity contribution in [1.82, 2.24) is 29.3 Å². The van der Waals surface area contributed by atoms with Gasteiger partial charge < -0.3 is 5.32 Å². The van der Waals surface area contributed by atoms with E-state index in [1.807, 2.05) is 63.7 Å². The van der Waals surface area contributed by atoms with Crippen molar-refractivity contribution in [3.05, 3.63) is 60.7 Å². The first-order valence-electron chi connectivity index (χ1n) is 8.90. The van der Waals surface area contributed by atoms with Crippen LogP contribution in [0.4, 0.5) is 5.69 Å². The maximum absolute atomic E-state index is 12.6. The Morgan fingerprint density at radius 3 is 2.25 bits per heavy atom. The van der Waals surface area contributed by atoms with Crippen molar-refractivity contribution >= 4 is 11.6 Å². The van der Waals surface area contributed by atoms with E-state index in [0.717, 1.165) is 33.8 Å². The molecule has 0 radical (unpaired) electrons. The molecule has 0 saturated carbocycles. The van der Waals surface area contributed by atoms with Gasteiger partial charge in [-0.15, -0.1) is 0 Å². The van der Waals surface area contributed by atoms with Gasteiger partial charge >= 0.3 is 0 Å². The van der Waals surface area contributed by atoms with Crippen LogP contribution in [0.1, 0.15) is 5.56 Å². The largest absolute Gasteiger partial charge is 0.324 e. The van der Waals surface area contributed by atoms with Gasteiger partial charge in [0.1, 0.15) is 6.54 Å². The van der Waals surface area contributed by atoms with Crippen LogP contribution in [0, 0.1) is 6.92 Å². The second-order valence-electron chi connectivity index (χ2n) is 6.79. The second kappa shape index (κ2) is 7.15. The molecule has 0 atom stereocenters. The van der Waals surface area contributed by atoms with E-state index in [2.05, 4.69) is 20.6 Å². The lowest BCUT2D eigenvalue weighted by atomic mass is 10.2. The summed E-state index contributed by atoms with van der Waals surface area (Å²) in [6.07, 6.45) is 7.31. The number of aromatic nitrogens is 6. The predicted octanol–water partition coefficient (Wildman–Crippen LogP) is 2.63. The number of aryl methyl sites for hydroxylation is 3. The molecule has 0 saturated heterocycles. The number of carbonyl (C=O) groups is 1. The lowest BCUT2D eigenvalue weighted by molar-refractivity contribution is -0.116. The van der Waals surface area contributed by atoms with Gasteiger partial charge in [0.25, 0.3) is 0 Å². The minimum atomic E-state index is -0.144. The van der Waals surface area contributed by atoms with Gasteiger partial charge in [-0.3, -0.25) is 18.8 Å². The highest BCUT2D eigenvalue weighted by Gasteiger charge is 2.16. The standard InChI is InChI=1S/C20H21N7O/c1-14-4-6-17(7-5-14)23-20(28)13-27-19(16-10-22-26(3)12-16)8-18(24-27)15-9-21-25(2)11-15/h4-12H,13H2,1-3H3,(H,23,28). The van der Waals surface area contributed by atoms with Crippen molar-refractivity contribution in [2.45, 2.75) is 13.5 Å². The molecule has 4 aromatic rings. The molecule has 8 heteroatoms. The van der Waals surface area contributed by atoms with E-state index in [1.54, 1.807) is 26.4 Å². The summed E-state index contributed by atoms with van der Waals surface area (Å²) in [7, 11) is 3.72. The third-order valence-electron chi connectivity index (χ3n) is 4.41. The second-order valence-corrected chi connectivity index (χ2v) is 6.79. The van der Waals surface area contributed by atoms with Crippen molar-refractivity contribution in [1.29, 1.82) is 0 Å². The molecule has 4 rings (SSSR count). The van der Waals surface area contributed by atoms with Crippen LogP contribution < -0.4 is 5.32 Å². The molecule has 0 bridgehead atoms. The molecule has 0 spiro atoms. The molecular formula is C20H21N7O. The van der Waals surface area contributed by atoms with Gasteiger partial charge in [0.05, 0.1) is 23.8 Å². The zero-order chi connectivity index (χ0) is 19.7. The molecule has 1 N–H and O–H groups in total. The van der Waals surface area contributed by atoms with Crippen LogP contribution in [-0.4, -0.2) is 35.2 Å². The van der Waals surface area contributed by atoms with Crippen LogP contribution in [0.3, 0.4) is 0 Å². The Morgan fingerprint density at radius 2 is 1.64 bits per heavy atom. The summed E-state index contributed by atoms with van der Waals surface area (Å²) >= 11 is 0. The number of hydrogen-bond acceptors (Lipinski definition) is 4. The Kier molecular flexibility index (Phi) is 4.52. The average molecular weight is 375 g/mol. The van der Waals surface area contributed by atoms with E-state index >= 15 is 0 Å². The topological polar surface area (TPSA) is 82.6 Å². The first kappa shape index (κ1) is 17.7. The van der Waals surface area contributed by atoms with Crippen molar-refractivity contribution < 1.29 is 4.79 Å². The fourth-order valence-corrected chi connectivity index (χ4v) is 2.99. The number of nitrogens with zero attached hydrogens (tertiary/aromatic N) is 6. The molecule has 1 amide bonds. The van der Waals surface area contributed by atoms with Crippen molar-refractivity contribution in [2.24, 2.45) is 14.1 Å².